The van der Waals surface area contributed by atoms with Crippen LogP contribution in [0.15, 0.2) is 218 Å². The number of nitriles is 1. The van der Waals surface area contributed by atoms with E-state index in [1.54, 1.807) is 0 Å². The topological polar surface area (TPSA) is 54.5 Å². The van der Waals surface area contributed by atoms with Crippen molar-refractivity contribution in [2.24, 2.45) is 0 Å². The van der Waals surface area contributed by atoms with Crippen molar-refractivity contribution in [3.8, 4) is 67.8 Å². The first-order valence-corrected chi connectivity index (χ1v) is 21.2. The molecule has 2 heterocycles. The van der Waals surface area contributed by atoms with Crippen molar-refractivity contribution >= 4 is 54.3 Å². The fraction of sp³-hybridized carbons (Fsp3) is 0. The first kappa shape index (κ1) is 36.2. The van der Waals surface area contributed by atoms with Crippen LogP contribution in [-0.4, -0.2) is 14.5 Å². The van der Waals surface area contributed by atoms with E-state index < -0.39 is 0 Å². The molecule has 0 N–H and O–H groups in total. The van der Waals surface area contributed by atoms with E-state index in [9.17, 15) is 5.26 Å². The number of hydrogen-bond acceptors (Lipinski definition) is 3. The summed E-state index contributed by atoms with van der Waals surface area (Å²) in [5, 5.41) is 18.7. The second kappa shape index (κ2) is 14.8. The molecule has 4 heteroatoms. The van der Waals surface area contributed by atoms with Crippen molar-refractivity contribution in [1.82, 2.24) is 14.5 Å². The van der Waals surface area contributed by atoms with E-state index in [-0.39, 0.29) is 0 Å². The van der Waals surface area contributed by atoms with Crippen molar-refractivity contribution in [2.45, 2.75) is 0 Å². The highest BCUT2D eigenvalue weighted by Crippen LogP contribution is 2.42. The molecule has 0 bridgehead atoms. The van der Waals surface area contributed by atoms with Crippen LogP contribution in [0, 0.1) is 11.3 Å². The minimum Gasteiger partial charge on any atom is -0.309 e. The molecule has 63 heavy (non-hydrogen) atoms. The molecular weight excluding hydrogens is 765 g/mol. The summed E-state index contributed by atoms with van der Waals surface area (Å²) >= 11 is 0. The zero-order valence-corrected chi connectivity index (χ0v) is 34.1. The van der Waals surface area contributed by atoms with Gasteiger partial charge in [-0.2, -0.15) is 5.26 Å². The van der Waals surface area contributed by atoms with E-state index in [1.165, 1.54) is 16.5 Å². The van der Waals surface area contributed by atoms with Crippen molar-refractivity contribution in [1.29, 1.82) is 5.26 Å². The van der Waals surface area contributed by atoms with Gasteiger partial charge in [0.25, 0.3) is 0 Å². The first-order chi connectivity index (χ1) is 31.2. The third-order valence-corrected chi connectivity index (χ3v) is 12.4. The van der Waals surface area contributed by atoms with Crippen LogP contribution < -0.4 is 0 Å². The quantitative estimate of drug-likeness (QED) is 0.168. The SMILES string of the molecule is N#Cc1cc(-n2c3ccc(-c4ccc(-c5ccccc5)cc4)cc3c3cc4ccccc4cc32)c2ccccc2c1-c1nc(-c2ccccc2)c2ccc(-c3ccccc3)cc2n1. The van der Waals surface area contributed by atoms with Crippen molar-refractivity contribution in [3.63, 3.8) is 0 Å². The summed E-state index contributed by atoms with van der Waals surface area (Å²) in [7, 11) is 0. The molecule has 10 aromatic carbocycles. The highest BCUT2D eigenvalue weighted by atomic mass is 15.0. The van der Waals surface area contributed by atoms with Gasteiger partial charge >= 0.3 is 0 Å². The molecule has 0 amide bonds. The van der Waals surface area contributed by atoms with Crippen LogP contribution in [0.2, 0.25) is 0 Å². The first-order valence-electron chi connectivity index (χ1n) is 21.2. The molecular formula is C59H36N4. The maximum absolute atomic E-state index is 11.2. The molecule has 0 unspecified atom stereocenters. The average Bonchev–Trinajstić information content (AvgIpc) is 3.67. The van der Waals surface area contributed by atoms with E-state index >= 15 is 0 Å². The molecule has 0 atom stereocenters. The van der Waals surface area contributed by atoms with Gasteiger partial charge < -0.3 is 4.57 Å². The molecule has 12 aromatic rings. The molecule has 4 nitrogen and oxygen atoms in total. The number of aromatic nitrogens is 3. The molecule has 0 aliphatic rings. The Morgan fingerprint density at radius 2 is 0.889 bits per heavy atom. The standard InChI is InChI=1S/C59H36N4/c60-37-47-36-55(48-22-12-13-23-49(48)57(47)59-61-53-34-46(39-16-6-2-7-17-39)28-30-50(53)58(62-59)42-18-8-3-9-19-42)63-54-31-29-45(41-26-24-40(25-27-41)38-14-4-1-5-15-38)33-51(54)52-32-43-20-10-11-21-44(43)35-56(52)63/h1-36H. The minimum atomic E-state index is 0.507. The number of nitrogens with zero attached hydrogens (tertiary/aromatic N) is 4. The van der Waals surface area contributed by atoms with E-state index in [0.29, 0.717) is 17.0 Å². The summed E-state index contributed by atoms with van der Waals surface area (Å²) in [5.74, 6) is 0.516. The van der Waals surface area contributed by atoms with Gasteiger partial charge in [0.05, 0.1) is 39.6 Å². The molecule has 0 aliphatic carbocycles. The monoisotopic (exact) mass is 800 g/mol. The number of hydrogen-bond donors (Lipinski definition) is 0. The van der Waals surface area contributed by atoms with Gasteiger partial charge in [0.2, 0.25) is 0 Å². The van der Waals surface area contributed by atoms with Gasteiger partial charge in [-0.25, -0.2) is 9.97 Å². The molecule has 2 aromatic heterocycles. The van der Waals surface area contributed by atoms with Crippen molar-refractivity contribution in [2.75, 3.05) is 0 Å². The lowest BCUT2D eigenvalue weighted by molar-refractivity contribution is 1.19. The van der Waals surface area contributed by atoms with Gasteiger partial charge in [0.15, 0.2) is 5.82 Å². The lowest BCUT2D eigenvalue weighted by Crippen LogP contribution is -2.02. The van der Waals surface area contributed by atoms with Crippen molar-refractivity contribution < 1.29 is 0 Å². The predicted octanol–water partition coefficient (Wildman–Crippen LogP) is 15.2. The van der Waals surface area contributed by atoms with Crippen LogP contribution in [0.3, 0.4) is 0 Å². The van der Waals surface area contributed by atoms with Gasteiger partial charge in [-0.05, 0) is 92.0 Å². The van der Waals surface area contributed by atoms with Crippen LogP contribution in [0.4, 0.5) is 0 Å². The molecule has 0 spiro atoms. The van der Waals surface area contributed by atoms with Gasteiger partial charge in [0.1, 0.15) is 0 Å². The Hall–Kier alpha value is -8.65. The van der Waals surface area contributed by atoms with E-state index in [4.69, 9.17) is 9.97 Å². The van der Waals surface area contributed by atoms with Gasteiger partial charge in [-0.15, -0.1) is 0 Å². The Bertz CT molecular complexity index is 3770. The smallest absolute Gasteiger partial charge is 0.162 e. The van der Waals surface area contributed by atoms with Crippen molar-refractivity contribution in [3.05, 3.63) is 224 Å². The summed E-state index contributed by atoms with van der Waals surface area (Å²) < 4.78 is 2.34. The second-order valence-electron chi connectivity index (χ2n) is 16.1. The van der Waals surface area contributed by atoms with Gasteiger partial charge in [-0.3, -0.25) is 0 Å². The summed E-state index contributed by atoms with van der Waals surface area (Å²) in [6, 6.07) is 79.3. The molecule has 12 rings (SSSR count). The Labute approximate surface area is 364 Å². The Morgan fingerprint density at radius 3 is 1.59 bits per heavy atom. The van der Waals surface area contributed by atoms with Crippen LogP contribution >= 0.6 is 0 Å². The van der Waals surface area contributed by atoms with Gasteiger partial charge in [0, 0.05) is 32.7 Å². The fourth-order valence-corrected chi connectivity index (χ4v) is 9.37. The second-order valence-corrected chi connectivity index (χ2v) is 16.1. The summed E-state index contributed by atoms with van der Waals surface area (Å²) in [6.07, 6.45) is 0. The highest BCUT2D eigenvalue weighted by Gasteiger charge is 2.23. The zero-order chi connectivity index (χ0) is 41.9. The summed E-state index contributed by atoms with van der Waals surface area (Å²) in [5.41, 5.74) is 13.8. The Balaban J connectivity index is 1.09. The predicted molar refractivity (Wildman–Crippen MR) is 261 cm³/mol. The lowest BCUT2D eigenvalue weighted by Gasteiger charge is -2.17. The minimum absolute atomic E-state index is 0.507. The summed E-state index contributed by atoms with van der Waals surface area (Å²) in [4.78, 5) is 10.6. The third-order valence-electron chi connectivity index (χ3n) is 12.4. The van der Waals surface area contributed by atoms with E-state index in [2.05, 4.69) is 187 Å². The number of benzene rings is 10. The lowest BCUT2D eigenvalue weighted by atomic mass is 9.95. The summed E-state index contributed by atoms with van der Waals surface area (Å²) in [6.45, 7) is 0. The normalized spacial score (nSPS) is 11.5. The highest BCUT2D eigenvalue weighted by molar-refractivity contribution is 6.16. The largest absolute Gasteiger partial charge is 0.309 e. The molecule has 0 aliphatic heterocycles. The Morgan fingerprint density at radius 1 is 0.365 bits per heavy atom. The van der Waals surface area contributed by atoms with E-state index in [1.807, 2.05) is 42.5 Å². The third kappa shape index (κ3) is 6.14. The zero-order valence-electron chi connectivity index (χ0n) is 34.1. The fourth-order valence-electron chi connectivity index (χ4n) is 9.37. The van der Waals surface area contributed by atoms with Crippen LogP contribution in [0.25, 0.3) is 116 Å². The maximum Gasteiger partial charge on any atom is 0.162 e. The van der Waals surface area contributed by atoms with E-state index in [0.717, 1.165) is 88.1 Å². The number of rotatable bonds is 6. The van der Waals surface area contributed by atoms with Gasteiger partial charge in [-0.1, -0.05) is 176 Å². The molecule has 0 saturated carbocycles. The molecule has 0 fully saturated rings. The van der Waals surface area contributed by atoms with Crippen LogP contribution in [0.5, 0.6) is 0 Å². The molecule has 0 saturated heterocycles. The molecule has 0 radical (unpaired) electrons. The maximum atomic E-state index is 11.2. The van der Waals surface area contributed by atoms with Crippen LogP contribution in [-0.2, 0) is 0 Å². The molecule has 292 valence electrons. The van der Waals surface area contributed by atoms with Crippen LogP contribution in [0.1, 0.15) is 5.56 Å². The average molecular weight is 801 g/mol. The number of fused-ring (bicyclic) bond motifs is 6. The Kier molecular flexibility index (Phi) is 8.52.